The molecule has 0 fully saturated rings. The fourth-order valence-corrected chi connectivity index (χ4v) is 1.56. The lowest BCUT2D eigenvalue weighted by atomic mass is 10.2. The first-order valence-corrected chi connectivity index (χ1v) is 6.21. The van der Waals surface area contributed by atoms with Crippen molar-refractivity contribution in [3.05, 3.63) is 33.8 Å². The lowest BCUT2D eigenvalue weighted by Gasteiger charge is -2.06. The Morgan fingerprint density at radius 1 is 1.35 bits per heavy atom. The largest absolute Gasteiger partial charge is 0.382 e. The molecule has 0 saturated heterocycles. The molecule has 5 heteroatoms. The van der Waals surface area contributed by atoms with E-state index < -0.39 is 0 Å². The minimum atomic E-state index is -0.153. The summed E-state index contributed by atoms with van der Waals surface area (Å²) in [7, 11) is 0. The van der Waals surface area contributed by atoms with Crippen LogP contribution in [0.1, 0.15) is 23.7 Å². The van der Waals surface area contributed by atoms with Crippen molar-refractivity contribution in [2.45, 2.75) is 13.3 Å². The van der Waals surface area contributed by atoms with E-state index in [1.807, 2.05) is 6.92 Å². The molecule has 0 saturated carbocycles. The number of nitrogens with one attached hydrogen (secondary N) is 1. The molecule has 1 amide bonds. The van der Waals surface area contributed by atoms with E-state index in [1.165, 1.54) is 0 Å². The molecule has 94 valence electrons. The molecule has 1 rings (SSSR count). The van der Waals surface area contributed by atoms with E-state index in [1.54, 1.807) is 18.2 Å². The first-order chi connectivity index (χ1) is 8.15. The summed E-state index contributed by atoms with van der Waals surface area (Å²) in [6.45, 7) is 3.87. The summed E-state index contributed by atoms with van der Waals surface area (Å²) in [5.74, 6) is -0.153. The van der Waals surface area contributed by atoms with Crippen LogP contribution >= 0.6 is 23.2 Å². The maximum atomic E-state index is 11.7. The second-order valence-corrected chi connectivity index (χ2v) is 4.25. The number of carbonyl (C=O) groups excluding carboxylic acids is 1. The molecule has 1 aromatic carbocycles. The molecular weight excluding hydrogens is 261 g/mol. The summed E-state index contributed by atoms with van der Waals surface area (Å²) >= 11 is 11.6. The quantitative estimate of drug-likeness (QED) is 0.810. The molecular formula is C12H15Cl2NO2. The number of rotatable bonds is 6. The van der Waals surface area contributed by atoms with E-state index in [0.717, 1.165) is 6.42 Å². The maximum Gasteiger partial charge on any atom is 0.251 e. The highest BCUT2D eigenvalue weighted by molar-refractivity contribution is 6.42. The molecule has 0 aliphatic heterocycles. The molecule has 3 nitrogen and oxygen atoms in total. The molecule has 1 aromatic rings. The van der Waals surface area contributed by atoms with Crippen molar-refractivity contribution in [2.75, 3.05) is 19.8 Å². The van der Waals surface area contributed by atoms with Crippen LogP contribution in [0.5, 0.6) is 0 Å². The molecule has 0 aromatic heterocycles. The van der Waals surface area contributed by atoms with Crippen LogP contribution in [0, 0.1) is 0 Å². The molecule has 0 bridgehead atoms. The van der Waals surface area contributed by atoms with Gasteiger partial charge in [-0.25, -0.2) is 0 Å². The van der Waals surface area contributed by atoms with Crippen molar-refractivity contribution in [3.63, 3.8) is 0 Å². The Hall–Kier alpha value is -0.770. The smallest absolute Gasteiger partial charge is 0.251 e. The Bertz CT molecular complexity index is 383. The Balaban J connectivity index is 2.39. The predicted octanol–water partition coefficient (Wildman–Crippen LogP) is 3.15. The van der Waals surface area contributed by atoms with Gasteiger partial charge in [-0.05, 0) is 31.5 Å². The molecule has 0 aliphatic carbocycles. The first-order valence-electron chi connectivity index (χ1n) is 5.46. The molecule has 1 N–H and O–H groups in total. The van der Waals surface area contributed by atoms with Crippen LogP contribution in [0.15, 0.2) is 18.2 Å². The summed E-state index contributed by atoms with van der Waals surface area (Å²) in [6.07, 6.45) is 0.793. The van der Waals surface area contributed by atoms with Crippen molar-refractivity contribution >= 4 is 29.1 Å². The summed E-state index contributed by atoms with van der Waals surface area (Å²) < 4.78 is 5.17. The second kappa shape index (κ2) is 7.54. The minimum Gasteiger partial charge on any atom is -0.382 e. The SMILES string of the molecule is CCOCCCNC(=O)c1ccc(Cl)c(Cl)c1. The van der Waals surface area contributed by atoms with Crippen LogP contribution in [0.2, 0.25) is 10.0 Å². The van der Waals surface area contributed by atoms with Crippen LogP contribution in [-0.4, -0.2) is 25.7 Å². The second-order valence-electron chi connectivity index (χ2n) is 3.44. The van der Waals surface area contributed by atoms with Crippen LogP contribution in [0.3, 0.4) is 0 Å². The van der Waals surface area contributed by atoms with Gasteiger partial charge in [0.2, 0.25) is 0 Å². The summed E-state index contributed by atoms with van der Waals surface area (Å²) in [5.41, 5.74) is 0.510. The highest BCUT2D eigenvalue weighted by atomic mass is 35.5. The monoisotopic (exact) mass is 275 g/mol. The third-order valence-electron chi connectivity index (χ3n) is 2.14. The lowest BCUT2D eigenvalue weighted by molar-refractivity contribution is 0.0944. The van der Waals surface area contributed by atoms with E-state index in [9.17, 15) is 4.79 Å². The van der Waals surface area contributed by atoms with Crippen LogP contribution in [0.4, 0.5) is 0 Å². The van der Waals surface area contributed by atoms with Gasteiger partial charge in [-0.15, -0.1) is 0 Å². The summed E-state index contributed by atoms with van der Waals surface area (Å²) in [6, 6.07) is 4.81. The van der Waals surface area contributed by atoms with Gasteiger partial charge >= 0.3 is 0 Å². The van der Waals surface area contributed by atoms with E-state index in [2.05, 4.69) is 5.32 Å². The average Bonchev–Trinajstić information content (AvgIpc) is 2.32. The molecule has 0 heterocycles. The maximum absolute atomic E-state index is 11.7. The zero-order chi connectivity index (χ0) is 12.7. The average molecular weight is 276 g/mol. The zero-order valence-electron chi connectivity index (χ0n) is 9.63. The predicted molar refractivity (Wildman–Crippen MR) is 69.9 cm³/mol. The van der Waals surface area contributed by atoms with Crippen molar-refractivity contribution in [3.8, 4) is 0 Å². The van der Waals surface area contributed by atoms with Crippen molar-refractivity contribution in [1.82, 2.24) is 5.32 Å². The molecule has 17 heavy (non-hydrogen) atoms. The van der Waals surface area contributed by atoms with Crippen molar-refractivity contribution in [1.29, 1.82) is 0 Å². The highest BCUT2D eigenvalue weighted by Gasteiger charge is 2.06. The third kappa shape index (κ3) is 4.94. The van der Waals surface area contributed by atoms with Gasteiger partial charge in [-0.1, -0.05) is 23.2 Å². The Morgan fingerprint density at radius 3 is 2.76 bits per heavy atom. The van der Waals surface area contributed by atoms with Gasteiger partial charge in [-0.2, -0.15) is 0 Å². The van der Waals surface area contributed by atoms with E-state index in [0.29, 0.717) is 35.4 Å². The normalized spacial score (nSPS) is 10.3. The molecule has 0 radical (unpaired) electrons. The lowest BCUT2D eigenvalue weighted by Crippen LogP contribution is -2.25. The number of amides is 1. The van der Waals surface area contributed by atoms with Crippen LogP contribution in [0.25, 0.3) is 0 Å². The van der Waals surface area contributed by atoms with Gasteiger partial charge in [0.15, 0.2) is 0 Å². The van der Waals surface area contributed by atoms with E-state index in [4.69, 9.17) is 27.9 Å². The standard InChI is InChI=1S/C12H15Cl2NO2/c1-2-17-7-3-6-15-12(16)9-4-5-10(13)11(14)8-9/h4-5,8H,2-3,6-7H2,1H3,(H,15,16). The van der Waals surface area contributed by atoms with Gasteiger partial charge < -0.3 is 10.1 Å². The molecule has 0 unspecified atom stereocenters. The molecule has 0 spiro atoms. The van der Waals surface area contributed by atoms with E-state index in [-0.39, 0.29) is 5.91 Å². The van der Waals surface area contributed by atoms with Gasteiger partial charge in [0, 0.05) is 25.3 Å². The van der Waals surface area contributed by atoms with Crippen molar-refractivity contribution < 1.29 is 9.53 Å². The first kappa shape index (κ1) is 14.3. The minimum absolute atomic E-state index is 0.153. The molecule has 0 atom stereocenters. The Morgan fingerprint density at radius 2 is 2.12 bits per heavy atom. The topological polar surface area (TPSA) is 38.3 Å². The van der Waals surface area contributed by atoms with Gasteiger partial charge in [0.05, 0.1) is 10.0 Å². The highest BCUT2D eigenvalue weighted by Crippen LogP contribution is 2.22. The van der Waals surface area contributed by atoms with Crippen LogP contribution in [-0.2, 0) is 4.74 Å². The Labute approximate surface area is 111 Å². The Kier molecular flexibility index (Phi) is 6.34. The number of ether oxygens (including phenoxy) is 1. The molecule has 0 aliphatic rings. The fourth-order valence-electron chi connectivity index (χ4n) is 1.26. The van der Waals surface area contributed by atoms with Crippen molar-refractivity contribution in [2.24, 2.45) is 0 Å². The summed E-state index contributed by atoms with van der Waals surface area (Å²) in [4.78, 5) is 11.7. The summed E-state index contributed by atoms with van der Waals surface area (Å²) in [5, 5.41) is 3.61. The third-order valence-corrected chi connectivity index (χ3v) is 2.88. The zero-order valence-corrected chi connectivity index (χ0v) is 11.1. The van der Waals surface area contributed by atoms with Gasteiger partial charge in [0.1, 0.15) is 0 Å². The number of hydrogen-bond acceptors (Lipinski definition) is 2. The van der Waals surface area contributed by atoms with Gasteiger partial charge in [0.25, 0.3) is 5.91 Å². The number of carbonyl (C=O) groups is 1. The van der Waals surface area contributed by atoms with E-state index >= 15 is 0 Å². The number of hydrogen-bond donors (Lipinski definition) is 1. The van der Waals surface area contributed by atoms with Gasteiger partial charge in [-0.3, -0.25) is 4.79 Å². The number of benzene rings is 1. The van der Waals surface area contributed by atoms with Crippen LogP contribution < -0.4 is 5.32 Å². The number of halogens is 2. The fraction of sp³-hybridized carbons (Fsp3) is 0.417.